The van der Waals surface area contributed by atoms with E-state index in [-0.39, 0.29) is 30.0 Å². The van der Waals surface area contributed by atoms with Crippen molar-refractivity contribution in [1.82, 2.24) is 4.98 Å². The van der Waals surface area contributed by atoms with Gasteiger partial charge in [-0.3, -0.25) is 9.78 Å². The molecule has 1 aliphatic heterocycles. The van der Waals surface area contributed by atoms with Crippen LogP contribution in [0.3, 0.4) is 0 Å². The molecule has 3 fully saturated rings. The monoisotopic (exact) mass is 315 g/mol. The van der Waals surface area contributed by atoms with Crippen molar-refractivity contribution in [2.45, 2.75) is 57.8 Å². The van der Waals surface area contributed by atoms with E-state index in [1.54, 1.807) is 12.4 Å². The average molecular weight is 315 g/mol. The van der Waals surface area contributed by atoms with E-state index >= 15 is 0 Å². The maximum atomic E-state index is 12.2. The molecule has 1 aromatic rings. The van der Waals surface area contributed by atoms with Crippen molar-refractivity contribution in [3.05, 3.63) is 30.1 Å². The number of hydrogen-bond donors (Lipinski definition) is 0. The molecule has 4 heteroatoms. The Morgan fingerprint density at radius 1 is 1.26 bits per heavy atom. The zero-order valence-electron chi connectivity index (χ0n) is 13.7. The summed E-state index contributed by atoms with van der Waals surface area (Å²) in [7, 11) is 0. The lowest BCUT2D eigenvalue weighted by atomic mass is 9.61. The van der Waals surface area contributed by atoms with E-state index < -0.39 is 0 Å². The summed E-state index contributed by atoms with van der Waals surface area (Å²) in [5, 5.41) is 0. The van der Waals surface area contributed by atoms with E-state index in [9.17, 15) is 4.79 Å². The summed E-state index contributed by atoms with van der Waals surface area (Å²) in [6, 6.07) is 4.00. The number of ether oxygens (including phenoxy) is 2. The smallest absolute Gasteiger partial charge is 0.309 e. The molecule has 0 spiro atoms. The Labute approximate surface area is 137 Å². The van der Waals surface area contributed by atoms with Crippen molar-refractivity contribution in [2.75, 3.05) is 0 Å². The van der Waals surface area contributed by atoms with Crippen LogP contribution < -0.4 is 0 Å². The molecule has 23 heavy (non-hydrogen) atoms. The van der Waals surface area contributed by atoms with Gasteiger partial charge >= 0.3 is 5.97 Å². The van der Waals surface area contributed by atoms with Gasteiger partial charge in [-0.2, -0.15) is 0 Å². The number of rotatable bonds is 3. The third-order valence-electron chi connectivity index (χ3n) is 6.13. The fraction of sp³-hybridized carbons (Fsp3) is 0.684. The summed E-state index contributed by atoms with van der Waals surface area (Å²) in [6.45, 7) is 2.63. The molecule has 1 saturated heterocycles. The molecule has 0 aromatic carbocycles. The van der Waals surface area contributed by atoms with Crippen LogP contribution in [0.2, 0.25) is 0 Å². The zero-order chi connectivity index (χ0) is 15.8. The van der Waals surface area contributed by atoms with Crippen LogP contribution in [0.15, 0.2) is 24.5 Å². The molecule has 6 atom stereocenters. The largest absolute Gasteiger partial charge is 0.462 e. The molecule has 5 unspecified atom stereocenters. The first-order valence-electron chi connectivity index (χ1n) is 8.95. The number of cyclic esters (lactones) is 1. The van der Waals surface area contributed by atoms with Gasteiger partial charge in [0.15, 0.2) is 0 Å². The highest BCUT2D eigenvalue weighted by atomic mass is 16.6. The van der Waals surface area contributed by atoms with Gasteiger partial charge in [0.2, 0.25) is 0 Å². The molecule has 4 rings (SSSR count). The van der Waals surface area contributed by atoms with Crippen molar-refractivity contribution in [2.24, 2.45) is 23.7 Å². The van der Waals surface area contributed by atoms with E-state index in [1.165, 1.54) is 25.7 Å². The molecule has 0 radical (unpaired) electrons. The maximum absolute atomic E-state index is 12.2. The Balaban J connectivity index is 1.56. The first kappa shape index (κ1) is 15.1. The van der Waals surface area contributed by atoms with Crippen molar-refractivity contribution in [3.8, 4) is 0 Å². The number of pyridine rings is 1. The normalized spacial score (nSPS) is 39.4. The SMILES string of the molecule is CC1OC(=O)C2CC3CCCCC3[C@@H](OCc3ccncc3)C12. The Kier molecular flexibility index (Phi) is 4.10. The molecule has 0 N–H and O–H groups in total. The van der Waals surface area contributed by atoms with Gasteiger partial charge in [0, 0.05) is 18.3 Å². The van der Waals surface area contributed by atoms with E-state index in [1.807, 2.05) is 19.1 Å². The molecular weight excluding hydrogens is 290 g/mol. The topological polar surface area (TPSA) is 48.4 Å². The van der Waals surface area contributed by atoms with Crippen LogP contribution in [-0.4, -0.2) is 23.2 Å². The standard InChI is InChI=1S/C19H25NO3/c1-12-17-16(19(21)23-12)10-14-4-2-3-5-15(14)18(17)22-11-13-6-8-20-9-7-13/h6-9,12,14-18H,2-5,10-11H2,1H3/t12?,14?,15?,16?,17?,18-/m1/s1. The summed E-state index contributed by atoms with van der Waals surface area (Å²) in [4.78, 5) is 16.3. The lowest BCUT2D eigenvalue weighted by Gasteiger charge is -2.46. The molecule has 3 aliphatic rings. The fourth-order valence-electron chi connectivity index (χ4n) is 5.06. The lowest BCUT2D eigenvalue weighted by Crippen LogP contribution is -2.48. The molecule has 2 heterocycles. The van der Waals surface area contributed by atoms with Crippen molar-refractivity contribution in [3.63, 3.8) is 0 Å². The molecule has 1 aromatic heterocycles. The highest BCUT2D eigenvalue weighted by Crippen LogP contribution is 2.51. The van der Waals surface area contributed by atoms with Crippen molar-refractivity contribution in [1.29, 1.82) is 0 Å². The quantitative estimate of drug-likeness (QED) is 0.803. The predicted octanol–water partition coefficient (Wildman–Crippen LogP) is 3.35. The molecular formula is C19H25NO3. The van der Waals surface area contributed by atoms with Crippen LogP contribution in [0.4, 0.5) is 0 Å². The molecule has 0 amide bonds. The number of aromatic nitrogens is 1. The Bertz CT molecular complexity index is 561. The van der Waals surface area contributed by atoms with Gasteiger partial charge in [-0.1, -0.05) is 19.3 Å². The van der Waals surface area contributed by atoms with Crippen LogP contribution in [0.5, 0.6) is 0 Å². The number of hydrogen-bond acceptors (Lipinski definition) is 4. The summed E-state index contributed by atoms with van der Waals surface area (Å²) in [6.07, 6.45) is 9.80. The fourth-order valence-corrected chi connectivity index (χ4v) is 5.06. The van der Waals surface area contributed by atoms with E-state index in [4.69, 9.17) is 9.47 Å². The summed E-state index contributed by atoms with van der Waals surface area (Å²) < 4.78 is 12.0. The number of esters is 1. The van der Waals surface area contributed by atoms with E-state index in [0.717, 1.165) is 12.0 Å². The van der Waals surface area contributed by atoms with Gasteiger partial charge in [0.05, 0.1) is 18.6 Å². The second-order valence-corrected chi connectivity index (χ2v) is 7.40. The van der Waals surface area contributed by atoms with Gasteiger partial charge in [-0.25, -0.2) is 0 Å². The minimum atomic E-state index is -0.0159. The second-order valence-electron chi connectivity index (χ2n) is 7.40. The average Bonchev–Trinajstić information content (AvgIpc) is 2.87. The Morgan fingerprint density at radius 3 is 2.87 bits per heavy atom. The summed E-state index contributed by atoms with van der Waals surface area (Å²) >= 11 is 0. The van der Waals surface area contributed by atoms with Crippen LogP contribution in [0.1, 0.15) is 44.6 Å². The van der Waals surface area contributed by atoms with Gasteiger partial charge in [-0.15, -0.1) is 0 Å². The number of carbonyl (C=O) groups excluding carboxylic acids is 1. The predicted molar refractivity (Wildman–Crippen MR) is 85.4 cm³/mol. The van der Waals surface area contributed by atoms with E-state index in [0.29, 0.717) is 18.4 Å². The molecule has 4 nitrogen and oxygen atoms in total. The first-order chi connectivity index (χ1) is 11.2. The maximum Gasteiger partial charge on any atom is 0.309 e. The Morgan fingerprint density at radius 2 is 2.04 bits per heavy atom. The van der Waals surface area contributed by atoms with E-state index in [2.05, 4.69) is 4.98 Å². The third-order valence-corrected chi connectivity index (χ3v) is 6.13. The highest BCUT2D eigenvalue weighted by molar-refractivity contribution is 5.75. The highest BCUT2D eigenvalue weighted by Gasteiger charge is 2.55. The number of fused-ring (bicyclic) bond motifs is 2. The number of nitrogens with zero attached hydrogens (tertiary/aromatic N) is 1. The molecule has 2 aliphatic carbocycles. The van der Waals surface area contributed by atoms with Crippen molar-refractivity contribution < 1.29 is 14.3 Å². The van der Waals surface area contributed by atoms with Gasteiger partial charge in [-0.05, 0) is 49.3 Å². The zero-order valence-corrected chi connectivity index (χ0v) is 13.7. The van der Waals surface area contributed by atoms with Gasteiger partial charge in [0.25, 0.3) is 0 Å². The first-order valence-corrected chi connectivity index (χ1v) is 8.95. The van der Waals surface area contributed by atoms with Crippen LogP contribution in [0.25, 0.3) is 0 Å². The third kappa shape index (κ3) is 2.78. The van der Waals surface area contributed by atoms with Crippen molar-refractivity contribution >= 4 is 5.97 Å². The minimum Gasteiger partial charge on any atom is -0.462 e. The van der Waals surface area contributed by atoms with Crippen LogP contribution >= 0.6 is 0 Å². The minimum absolute atomic E-state index is 0.00374. The van der Waals surface area contributed by atoms with Gasteiger partial charge in [0.1, 0.15) is 6.10 Å². The molecule has 124 valence electrons. The summed E-state index contributed by atoms with van der Waals surface area (Å²) in [5.41, 5.74) is 1.15. The summed E-state index contributed by atoms with van der Waals surface area (Å²) in [5.74, 6) is 1.49. The Hall–Kier alpha value is -1.42. The van der Waals surface area contributed by atoms with Gasteiger partial charge < -0.3 is 9.47 Å². The number of carbonyl (C=O) groups is 1. The van der Waals surface area contributed by atoms with Crippen LogP contribution in [-0.2, 0) is 20.9 Å². The molecule has 0 bridgehead atoms. The second kappa shape index (κ2) is 6.23. The molecule has 2 saturated carbocycles. The lowest BCUT2D eigenvalue weighted by molar-refractivity contribution is -0.145. The van der Waals surface area contributed by atoms with Crippen LogP contribution in [0, 0.1) is 23.7 Å².